The fourth-order valence-corrected chi connectivity index (χ4v) is 7.80. The second-order valence-electron chi connectivity index (χ2n) is 13.3. The number of ether oxygens (including phenoxy) is 3. The van der Waals surface area contributed by atoms with Crippen molar-refractivity contribution < 1.29 is 32.2 Å². The molecule has 12 heteroatoms. The van der Waals surface area contributed by atoms with Crippen LogP contribution < -0.4 is 10.1 Å². The van der Waals surface area contributed by atoms with Crippen LogP contribution in [0.4, 0.5) is 10.5 Å². The summed E-state index contributed by atoms with van der Waals surface area (Å²) >= 11 is 0. The number of anilines is 1. The topological polar surface area (TPSA) is 119 Å². The molecular formula is C33H44N4O7S. The van der Waals surface area contributed by atoms with Gasteiger partial charge in [-0.1, -0.05) is 6.07 Å². The molecule has 0 radical (unpaired) electrons. The zero-order valence-corrected chi connectivity index (χ0v) is 28.2. The van der Waals surface area contributed by atoms with Crippen LogP contribution in [0, 0.1) is 12.3 Å². The van der Waals surface area contributed by atoms with Gasteiger partial charge >= 0.3 is 12.1 Å². The monoisotopic (exact) mass is 640 g/mol. The summed E-state index contributed by atoms with van der Waals surface area (Å²) in [4.78, 5) is 27.9. The van der Waals surface area contributed by atoms with Crippen molar-refractivity contribution in [3.63, 3.8) is 0 Å². The number of carbonyl (C=O) groups is 2. The normalized spacial score (nSPS) is 18.9. The maximum atomic E-state index is 13.2. The molecule has 0 bridgehead atoms. The SMILES string of the molecule is CNc1cc(C(=O)OC)ccc1[C@H]1CC2(CCN1Cc1c(OC)cc(C)c3c1ccn3C(=O)OC(C)(C)C)CN(S(C)(=O)=O)C2. The minimum absolute atomic E-state index is 0.0939. The van der Waals surface area contributed by atoms with E-state index in [0.29, 0.717) is 25.2 Å². The number of aromatic nitrogens is 1. The molecule has 3 aromatic rings. The Kier molecular flexibility index (Phi) is 8.71. The number of likely N-dealkylation sites (tertiary alicyclic amines) is 1. The van der Waals surface area contributed by atoms with Gasteiger partial charge in [-0.2, -0.15) is 0 Å². The highest BCUT2D eigenvalue weighted by Crippen LogP contribution is 2.50. The summed E-state index contributed by atoms with van der Waals surface area (Å²) in [5, 5.41) is 4.17. The second kappa shape index (κ2) is 12.0. The first-order valence-corrected chi connectivity index (χ1v) is 16.9. The molecule has 1 atom stereocenters. The molecular weight excluding hydrogens is 596 g/mol. The highest BCUT2D eigenvalue weighted by Gasteiger charge is 2.51. The van der Waals surface area contributed by atoms with Crippen LogP contribution >= 0.6 is 0 Å². The van der Waals surface area contributed by atoms with Gasteiger partial charge in [0.15, 0.2) is 0 Å². The molecule has 0 unspecified atom stereocenters. The molecule has 2 aliphatic rings. The van der Waals surface area contributed by atoms with Gasteiger partial charge in [0, 0.05) is 61.0 Å². The number of piperidine rings is 1. The predicted molar refractivity (Wildman–Crippen MR) is 173 cm³/mol. The number of benzene rings is 2. The van der Waals surface area contributed by atoms with Gasteiger partial charge in [0.2, 0.25) is 10.0 Å². The number of nitrogens with one attached hydrogen (secondary N) is 1. The van der Waals surface area contributed by atoms with E-state index < -0.39 is 27.7 Å². The Balaban J connectivity index is 1.57. The molecule has 11 nitrogen and oxygen atoms in total. The van der Waals surface area contributed by atoms with Crippen molar-refractivity contribution in [2.24, 2.45) is 5.41 Å². The highest BCUT2D eigenvalue weighted by molar-refractivity contribution is 7.88. The number of sulfonamides is 1. The molecule has 0 saturated carbocycles. The fraction of sp³-hybridized carbons (Fsp3) is 0.515. The maximum absolute atomic E-state index is 13.2. The van der Waals surface area contributed by atoms with Crippen LogP contribution in [0.1, 0.15) is 66.7 Å². The number of hydrogen-bond donors (Lipinski definition) is 1. The lowest BCUT2D eigenvalue weighted by molar-refractivity contribution is -0.0326. The molecule has 45 heavy (non-hydrogen) atoms. The molecule has 2 aliphatic heterocycles. The molecule has 1 spiro atoms. The summed E-state index contributed by atoms with van der Waals surface area (Å²) < 4.78 is 44.2. The van der Waals surface area contributed by atoms with Crippen molar-refractivity contribution in [1.29, 1.82) is 0 Å². The van der Waals surface area contributed by atoms with E-state index in [9.17, 15) is 18.0 Å². The van der Waals surface area contributed by atoms with E-state index in [0.717, 1.165) is 58.4 Å². The van der Waals surface area contributed by atoms with Crippen LogP contribution in [0.5, 0.6) is 5.75 Å². The molecule has 2 aromatic carbocycles. The average Bonchev–Trinajstić information content (AvgIpc) is 3.41. The number of nitrogens with zero attached hydrogens (tertiary/aromatic N) is 3. The number of carbonyl (C=O) groups excluding carboxylic acids is 2. The summed E-state index contributed by atoms with van der Waals surface area (Å²) in [5.74, 6) is 0.307. The fourth-order valence-electron chi connectivity index (χ4n) is 6.78. The van der Waals surface area contributed by atoms with Gasteiger partial charge in [-0.05, 0) is 82.5 Å². The number of hydrogen-bond acceptors (Lipinski definition) is 9. The third kappa shape index (κ3) is 6.41. The minimum Gasteiger partial charge on any atom is -0.496 e. The van der Waals surface area contributed by atoms with Crippen molar-refractivity contribution in [3.8, 4) is 5.75 Å². The van der Waals surface area contributed by atoms with Crippen molar-refractivity contribution >= 4 is 38.7 Å². The molecule has 3 heterocycles. The first kappa shape index (κ1) is 32.8. The van der Waals surface area contributed by atoms with E-state index in [2.05, 4.69) is 10.2 Å². The summed E-state index contributed by atoms with van der Waals surface area (Å²) in [5.41, 5.74) is 4.08. The first-order valence-electron chi connectivity index (χ1n) is 15.1. The van der Waals surface area contributed by atoms with Gasteiger partial charge in [0.1, 0.15) is 11.4 Å². The molecule has 244 valence electrons. The maximum Gasteiger partial charge on any atom is 0.419 e. The lowest BCUT2D eigenvalue weighted by Crippen LogP contribution is -2.61. The molecule has 2 fully saturated rings. The zero-order chi connectivity index (χ0) is 32.9. The van der Waals surface area contributed by atoms with Crippen LogP contribution in [-0.4, -0.2) is 87.0 Å². The Morgan fingerprint density at radius 1 is 1.11 bits per heavy atom. The molecule has 1 N–H and O–H groups in total. The largest absolute Gasteiger partial charge is 0.496 e. The second-order valence-corrected chi connectivity index (χ2v) is 15.3. The Morgan fingerprint density at radius 2 is 1.82 bits per heavy atom. The van der Waals surface area contributed by atoms with Crippen LogP contribution in [0.25, 0.3) is 10.9 Å². The van der Waals surface area contributed by atoms with E-state index in [4.69, 9.17) is 14.2 Å². The summed E-state index contributed by atoms with van der Waals surface area (Å²) in [6.07, 6.45) is 4.13. The third-order valence-electron chi connectivity index (χ3n) is 8.99. The number of methoxy groups -OCH3 is 2. The summed E-state index contributed by atoms with van der Waals surface area (Å²) in [6, 6.07) is 9.34. The van der Waals surface area contributed by atoms with Crippen molar-refractivity contribution in [3.05, 3.63) is 58.8 Å². The van der Waals surface area contributed by atoms with Crippen molar-refractivity contribution in [2.45, 2.75) is 58.7 Å². The van der Waals surface area contributed by atoms with Gasteiger partial charge < -0.3 is 19.5 Å². The van der Waals surface area contributed by atoms with Gasteiger partial charge in [0.25, 0.3) is 0 Å². The summed E-state index contributed by atoms with van der Waals surface area (Å²) in [6.45, 7) is 9.70. The van der Waals surface area contributed by atoms with Crippen molar-refractivity contribution in [1.82, 2.24) is 13.8 Å². The number of fused-ring (bicyclic) bond motifs is 1. The molecule has 1 aromatic heterocycles. The van der Waals surface area contributed by atoms with E-state index in [1.807, 2.05) is 52.9 Å². The van der Waals surface area contributed by atoms with Crippen LogP contribution in [0.15, 0.2) is 36.5 Å². The smallest absolute Gasteiger partial charge is 0.419 e. The van der Waals surface area contributed by atoms with Gasteiger partial charge in [0.05, 0.1) is 31.6 Å². The predicted octanol–water partition coefficient (Wildman–Crippen LogP) is 5.17. The Morgan fingerprint density at radius 3 is 2.42 bits per heavy atom. The lowest BCUT2D eigenvalue weighted by atomic mass is 9.69. The Hall–Kier alpha value is -3.61. The number of esters is 1. The molecule has 0 amide bonds. The third-order valence-corrected chi connectivity index (χ3v) is 10.2. The van der Waals surface area contributed by atoms with E-state index in [1.54, 1.807) is 34.3 Å². The molecule has 5 rings (SSSR count). The van der Waals surface area contributed by atoms with Crippen LogP contribution in [0.2, 0.25) is 0 Å². The quantitative estimate of drug-likeness (QED) is 0.349. The van der Waals surface area contributed by atoms with Gasteiger partial charge in [-0.15, -0.1) is 0 Å². The molecule has 2 saturated heterocycles. The first-order chi connectivity index (χ1) is 21.1. The van der Waals surface area contributed by atoms with E-state index >= 15 is 0 Å². The summed E-state index contributed by atoms with van der Waals surface area (Å²) in [7, 11) is 1.56. The average molecular weight is 641 g/mol. The van der Waals surface area contributed by atoms with Gasteiger partial charge in [-0.3, -0.25) is 9.47 Å². The van der Waals surface area contributed by atoms with E-state index in [1.165, 1.54) is 13.4 Å². The number of aryl methyl sites for hydroxylation is 1. The number of rotatable bonds is 7. The van der Waals surface area contributed by atoms with Crippen molar-refractivity contribution in [2.75, 3.05) is 52.5 Å². The minimum atomic E-state index is -3.27. The van der Waals surface area contributed by atoms with Gasteiger partial charge in [-0.25, -0.2) is 22.3 Å². The lowest BCUT2D eigenvalue weighted by Gasteiger charge is -2.55. The highest BCUT2D eigenvalue weighted by atomic mass is 32.2. The molecule has 0 aliphatic carbocycles. The Labute approximate surface area is 265 Å². The van der Waals surface area contributed by atoms with Crippen LogP contribution in [-0.2, 0) is 26.0 Å². The zero-order valence-electron chi connectivity index (χ0n) is 27.4. The standard InChI is InChI=1S/C33H44N4O7S/c1-21-15-28(42-6)25(23-11-13-37(29(21)23)31(39)44-32(2,3)4)18-35-14-12-33(19-36(20-33)45(8,40)41)17-27(35)24-10-9-22(30(38)43-7)16-26(24)34-5/h9-11,13,15-16,27,34H,12,14,17-20H2,1-8H3/t27-/m1/s1. The van der Waals surface area contributed by atoms with E-state index in [-0.39, 0.29) is 11.5 Å². The Bertz CT molecular complexity index is 1740. The van der Waals surface area contributed by atoms with Crippen LogP contribution in [0.3, 0.4) is 0 Å².